The van der Waals surface area contributed by atoms with Gasteiger partial charge in [-0.2, -0.15) is 0 Å². The molecule has 8 heteroatoms. The first kappa shape index (κ1) is 15.8. The molecule has 0 spiro atoms. The Morgan fingerprint density at radius 1 is 1.48 bits per heavy atom. The highest BCUT2D eigenvalue weighted by molar-refractivity contribution is 7.18. The minimum absolute atomic E-state index is 0.0318. The number of carbonyl (C=O) groups is 1. The Bertz CT molecular complexity index is 678. The number of amides is 2. The molecule has 1 aliphatic rings. The standard InChI is InChI=1S/C15H19N5O2S/c1-15(9-21)7-4-6-11(15)17-13(22)18-14-20-19-12(23-14)10-5-2-3-8-16-10/h2-3,5,8,11,21H,4,6-7,9H2,1H3,(H2,17,18,20,22)/t11-,15+/m0/s1. The number of rotatable bonds is 4. The molecule has 122 valence electrons. The predicted octanol–water partition coefficient (Wildman–Crippen LogP) is 2.27. The van der Waals surface area contributed by atoms with E-state index < -0.39 is 0 Å². The van der Waals surface area contributed by atoms with Gasteiger partial charge in [-0.3, -0.25) is 10.3 Å². The molecule has 1 fully saturated rings. The number of aliphatic hydroxyl groups excluding tert-OH is 1. The van der Waals surface area contributed by atoms with E-state index in [1.165, 1.54) is 11.3 Å². The van der Waals surface area contributed by atoms with E-state index in [1.54, 1.807) is 6.20 Å². The van der Waals surface area contributed by atoms with E-state index in [0.717, 1.165) is 25.0 Å². The number of pyridine rings is 1. The fourth-order valence-corrected chi connectivity index (χ4v) is 3.54. The Kier molecular flexibility index (Phi) is 4.53. The predicted molar refractivity (Wildman–Crippen MR) is 88.1 cm³/mol. The molecular formula is C15H19N5O2S. The summed E-state index contributed by atoms with van der Waals surface area (Å²) >= 11 is 1.27. The van der Waals surface area contributed by atoms with Crippen molar-refractivity contribution in [3.05, 3.63) is 24.4 Å². The molecule has 0 radical (unpaired) electrons. The van der Waals surface area contributed by atoms with Crippen molar-refractivity contribution < 1.29 is 9.90 Å². The van der Waals surface area contributed by atoms with Crippen molar-refractivity contribution in [2.24, 2.45) is 5.41 Å². The molecule has 23 heavy (non-hydrogen) atoms. The lowest BCUT2D eigenvalue weighted by Gasteiger charge is -2.29. The molecule has 1 aliphatic carbocycles. The van der Waals surface area contributed by atoms with E-state index in [9.17, 15) is 9.90 Å². The van der Waals surface area contributed by atoms with E-state index in [4.69, 9.17) is 0 Å². The third-order valence-electron chi connectivity index (χ3n) is 4.28. The average molecular weight is 333 g/mol. The van der Waals surface area contributed by atoms with Gasteiger partial charge in [0.25, 0.3) is 0 Å². The maximum atomic E-state index is 12.1. The monoisotopic (exact) mass is 333 g/mol. The number of nitrogens with one attached hydrogen (secondary N) is 2. The van der Waals surface area contributed by atoms with Crippen LogP contribution in [-0.4, -0.2) is 39.0 Å². The lowest BCUT2D eigenvalue weighted by molar-refractivity contribution is 0.122. The van der Waals surface area contributed by atoms with Crippen LogP contribution in [0.4, 0.5) is 9.93 Å². The van der Waals surface area contributed by atoms with Crippen LogP contribution in [0.3, 0.4) is 0 Å². The molecule has 0 aromatic carbocycles. The van der Waals surface area contributed by atoms with Gasteiger partial charge < -0.3 is 10.4 Å². The molecule has 0 bridgehead atoms. The lowest BCUT2D eigenvalue weighted by Crippen LogP contribution is -2.46. The van der Waals surface area contributed by atoms with Crippen molar-refractivity contribution in [2.75, 3.05) is 11.9 Å². The highest BCUT2D eigenvalue weighted by Crippen LogP contribution is 2.37. The summed E-state index contributed by atoms with van der Waals surface area (Å²) in [7, 11) is 0. The third-order valence-corrected chi connectivity index (χ3v) is 5.14. The fraction of sp³-hybridized carbons (Fsp3) is 0.467. The van der Waals surface area contributed by atoms with Crippen molar-refractivity contribution in [3.63, 3.8) is 0 Å². The molecule has 2 amide bonds. The molecule has 7 nitrogen and oxygen atoms in total. The Hall–Kier alpha value is -2.06. The van der Waals surface area contributed by atoms with Gasteiger partial charge in [-0.1, -0.05) is 30.7 Å². The SMILES string of the molecule is C[C@]1(CO)CCC[C@@H]1NC(=O)Nc1nnc(-c2ccccn2)s1. The molecule has 2 heterocycles. The van der Waals surface area contributed by atoms with Crippen molar-refractivity contribution in [1.82, 2.24) is 20.5 Å². The molecule has 3 rings (SSSR count). The molecule has 0 aliphatic heterocycles. The summed E-state index contributed by atoms with van der Waals surface area (Å²) in [6, 6.07) is 5.20. The van der Waals surface area contributed by atoms with Crippen LogP contribution in [0.2, 0.25) is 0 Å². The van der Waals surface area contributed by atoms with Gasteiger partial charge in [-0.25, -0.2) is 4.79 Å². The zero-order valence-corrected chi connectivity index (χ0v) is 13.6. The number of aliphatic hydroxyl groups is 1. The first-order valence-electron chi connectivity index (χ1n) is 7.54. The second-order valence-corrected chi connectivity index (χ2v) is 6.96. The smallest absolute Gasteiger partial charge is 0.321 e. The summed E-state index contributed by atoms with van der Waals surface area (Å²) < 4.78 is 0. The van der Waals surface area contributed by atoms with E-state index in [2.05, 4.69) is 25.8 Å². The summed E-state index contributed by atoms with van der Waals surface area (Å²) in [4.78, 5) is 16.3. The molecule has 0 unspecified atom stereocenters. The van der Waals surface area contributed by atoms with Crippen LogP contribution in [0.5, 0.6) is 0 Å². The molecular weight excluding hydrogens is 314 g/mol. The number of hydrogen-bond acceptors (Lipinski definition) is 6. The van der Waals surface area contributed by atoms with Crippen LogP contribution in [0, 0.1) is 5.41 Å². The van der Waals surface area contributed by atoms with Crippen molar-refractivity contribution in [2.45, 2.75) is 32.2 Å². The summed E-state index contributed by atoms with van der Waals surface area (Å²) in [5.41, 5.74) is 0.472. The normalized spacial score (nSPS) is 23.7. The Labute approximate surface area is 138 Å². The van der Waals surface area contributed by atoms with Crippen molar-refractivity contribution in [1.29, 1.82) is 0 Å². The summed E-state index contributed by atoms with van der Waals surface area (Å²) in [5.74, 6) is 0. The summed E-state index contributed by atoms with van der Waals surface area (Å²) in [5, 5.41) is 24.3. The van der Waals surface area contributed by atoms with Gasteiger partial charge >= 0.3 is 6.03 Å². The number of aromatic nitrogens is 3. The minimum Gasteiger partial charge on any atom is -0.396 e. The van der Waals surface area contributed by atoms with Gasteiger partial charge in [-0.15, -0.1) is 10.2 Å². The van der Waals surface area contributed by atoms with Crippen molar-refractivity contribution >= 4 is 22.5 Å². The molecule has 2 atom stereocenters. The highest BCUT2D eigenvalue weighted by atomic mass is 32.1. The van der Waals surface area contributed by atoms with Crippen LogP contribution in [-0.2, 0) is 0 Å². The van der Waals surface area contributed by atoms with Gasteiger partial charge in [0, 0.05) is 17.7 Å². The van der Waals surface area contributed by atoms with Gasteiger partial charge in [0.15, 0.2) is 5.01 Å². The number of anilines is 1. The second kappa shape index (κ2) is 6.59. The zero-order valence-electron chi connectivity index (χ0n) is 12.8. The minimum atomic E-state index is -0.319. The highest BCUT2D eigenvalue weighted by Gasteiger charge is 2.39. The van der Waals surface area contributed by atoms with Gasteiger partial charge in [0.2, 0.25) is 5.13 Å². The Morgan fingerprint density at radius 3 is 3.09 bits per heavy atom. The van der Waals surface area contributed by atoms with E-state index in [1.807, 2.05) is 25.1 Å². The largest absolute Gasteiger partial charge is 0.396 e. The maximum absolute atomic E-state index is 12.1. The number of nitrogens with zero attached hydrogens (tertiary/aromatic N) is 3. The van der Waals surface area contributed by atoms with E-state index in [0.29, 0.717) is 10.1 Å². The lowest BCUT2D eigenvalue weighted by atomic mass is 9.86. The van der Waals surface area contributed by atoms with Crippen LogP contribution >= 0.6 is 11.3 Å². The van der Waals surface area contributed by atoms with Crippen LogP contribution in [0.1, 0.15) is 26.2 Å². The maximum Gasteiger partial charge on any atom is 0.321 e. The van der Waals surface area contributed by atoms with E-state index >= 15 is 0 Å². The van der Waals surface area contributed by atoms with Gasteiger partial charge in [-0.05, 0) is 25.0 Å². The van der Waals surface area contributed by atoms with Crippen molar-refractivity contribution in [3.8, 4) is 10.7 Å². The third kappa shape index (κ3) is 3.48. The van der Waals surface area contributed by atoms with Crippen LogP contribution in [0.25, 0.3) is 10.7 Å². The molecule has 0 saturated heterocycles. The first-order valence-corrected chi connectivity index (χ1v) is 8.36. The number of urea groups is 1. The summed E-state index contributed by atoms with van der Waals surface area (Å²) in [6.07, 6.45) is 4.48. The molecule has 2 aromatic rings. The fourth-order valence-electron chi connectivity index (χ4n) is 2.83. The zero-order chi connectivity index (χ0) is 16.3. The quantitative estimate of drug-likeness (QED) is 0.797. The molecule has 1 saturated carbocycles. The molecule has 2 aromatic heterocycles. The Morgan fingerprint density at radius 2 is 2.35 bits per heavy atom. The number of carbonyl (C=O) groups excluding carboxylic acids is 1. The summed E-state index contributed by atoms with van der Waals surface area (Å²) in [6.45, 7) is 2.07. The van der Waals surface area contributed by atoms with Crippen LogP contribution < -0.4 is 10.6 Å². The Balaban J connectivity index is 1.62. The number of hydrogen-bond donors (Lipinski definition) is 3. The topological polar surface area (TPSA) is 100 Å². The van der Waals surface area contributed by atoms with E-state index in [-0.39, 0.29) is 24.1 Å². The average Bonchev–Trinajstić information content (AvgIpc) is 3.16. The van der Waals surface area contributed by atoms with Gasteiger partial charge in [0.1, 0.15) is 5.69 Å². The second-order valence-electron chi connectivity index (χ2n) is 5.98. The first-order chi connectivity index (χ1) is 11.1. The van der Waals surface area contributed by atoms with Crippen LogP contribution in [0.15, 0.2) is 24.4 Å². The van der Waals surface area contributed by atoms with Gasteiger partial charge in [0.05, 0.1) is 6.61 Å². The molecule has 3 N–H and O–H groups in total.